The summed E-state index contributed by atoms with van der Waals surface area (Å²) in [5, 5.41) is 3.14. The standard InChI is InChI=1S/C12H18ClNO/c1-3-10-5-6-12(11(9-10)14-2)15-8-4-7-13/h5-6,9,14H,3-4,7-8H2,1-2H3. The highest BCUT2D eigenvalue weighted by Gasteiger charge is 2.02. The lowest BCUT2D eigenvalue weighted by molar-refractivity contribution is 0.320. The molecule has 15 heavy (non-hydrogen) atoms. The van der Waals surface area contributed by atoms with E-state index in [1.54, 1.807) is 0 Å². The second kappa shape index (κ2) is 6.57. The van der Waals surface area contributed by atoms with Crippen molar-refractivity contribution in [1.29, 1.82) is 0 Å². The van der Waals surface area contributed by atoms with Gasteiger partial charge in [0.25, 0.3) is 0 Å². The van der Waals surface area contributed by atoms with Gasteiger partial charge in [-0.25, -0.2) is 0 Å². The summed E-state index contributed by atoms with van der Waals surface area (Å²) >= 11 is 5.59. The predicted octanol–water partition coefficient (Wildman–Crippen LogP) is 3.30. The molecule has 0 aliphatic heterocycles. The van der Waals surface area contributed by atoms with Crippen LogP contribution in [0.15, 0.2) is 18.2 Å². The van der Waals surface area contributed by atoms with Crippen molar-refractivity contribution < 1.29 is 4.74 Å². The van der Waals surface area contributed by atoms with E-state index in [1.165, 1.54) is 5.56 Å². The van der Waals surface area contributed by atoms with Crippen molar-refractivity contribution in [3.8, 4) is 5.75 Å². The fourth-order valence-electron chi connectivity index (χ4n) is 1.35. The van der Waals surface area contributed by atoms with E-state index in [0.717, 1.165) is 24.3 Å². The molecule has 0 spiro atoms. The number of hydrogen-bond donors (Lipinski definition) is 1. The van der Waals surface area contributed by atoms with Crippen LogP contribution in [0.25, 0.3) is 0 Å². The van der Waals surface area contributed by atoms with Crippen LogP contribution in [0.1, 0.15) is 18.9 Å². The van der Waals surface area contributed by atoms with E-state index >= 15 is 0 Å². The zero-order chi connectivity index (χ0) is 11.1. The third kappa shape index (κ3) is 3.63. The maximum Gasteiger partial charge on any atom is 0.142 e. The number of rotatable bonds is 6. The third-order valence-corrected chi connectivity index (χ3v) is 2.52. The average Bonchev–Trinajstić information content (AvgIpc) is 2.29. The topological polar surface area (TPSA) is 21.3 Å². The Morgan fingerprint density at radius 3 is 2.80 bits per heavy atom. The molecule has 0 aliphatic carbocycles. The van der Waals surface area contributed by atoms with Crippen LogP contribution in [0.5, 0.6) is 5.75 Å². The van der Waals surface area contributed by atoms with Gasteiger partial charge in [-0.05, 0) is 30.5 Å². The first-order valence-electron chi connectivity index (χ1n) is 5.31. The normalized spacial score (nSPS) is 10.1. The van der Waals surface area contributed by atoms with Gasteiger partial charge in [0.2, 0.25) is 0 Å². The summed E-state index contributed by atoms with van der Waals surface area (Å²) in [6.45, 7) is 2.81. The molecule has 0 amide bonds. The molecule has 1 aromatic carbocycles. The summed E-state index contributed by atoms with van der Waals surface area (Å²) in [6.07, 6.45) is 1.91. The number of alkyl halides is 1. The van der Waals surface area contributed by atoms with E-state index in [1.807, 2.05) is 13.1 Å². The second-order valence-corrected chi connectivity index (χ2v) is 3.70. The van der Waals surface area contributed by atoms with Crippen LogP contribution in [0, 0.1) is 0 Å². The smallest absolute Gasteiger partial charge is 0.142 e. The summed E-state index contributed by atoms with van der Waals surface area (Å²) in [5.74, 6) is 1.54. The minimum absolute atomic E-state index is 0.641. The average molecular weight is 228 g/mol. The second-order valence-electron chi connectivity index (χ2n) is 3.33. The molecule has 0 aromatic heterocycles. The number of aryl methyl sites for hydroxylation is 1. The Kier molecular flexibility index (Phi) is 5.33. The van der Waals surface area contributed by atoms with E-state index in [2.05, 4.69) is 24.4 Å². The van der Waals surface area contributed by atoms with Crippen molar-refractivity contribution in [3.05, 3.63) is 23.8 Å². The van der Waals surface area contributed by atoms with E-state index in [4.69, 9.17) is 16.3 Å². The number of nitrogens with one attached hydrogen (secondary N) is 1. The van der Waals surface area contributed by atoms with Gasteiger partial charge in [0.1, 0.15) is 5.75 Å². The van der Waals surface area contributed by atoms with E-state index < -0.39 is 0 Å². The van der Waals surface area contributed by atoms with Crippen LogP contribution < -0.4 is 10.1 Å². The molecule has 0 aliphatic rings. The van der Waals surface area contributed by atoms with Crippen molar-refractivity contribution in [3.63, 3.8) is 0 Å². The van der Waals surface area contributed by atoms with Gasteiger partial charge in [0, 0.05) is 12.9 Å². The number of ether oxygens (including phenoxy) is 1. The molecule has 0 bridgehead atoms. The lowest BCUT2D eigenvalue weighted by Gasteiger charge is -2.11. The van der Waals surface area contributed by atoms with E-state index in [9.17, 15) is 0 Å². The Morgan fingerprint density at radius 2 is 2.20 bits per heavy atom. The molecule has 0 saturated carbocycles. The minimum atomic E-state index is 0.641. The number of hydrogen-bond acceptors (Lipinski definition) is 2. The molecule has 1 N–H and O–H groups in total. The summed E-state index contributed by atoms with van der Waals surface area (Å²) in [4.78, 5) is 0. The highest BCUT2D eigenvalue weighted by Crippen LogP contribution is 2.25. The number of anilines is 1. The SMILES string of the molecule is CCc1ccc(OCCCCl)c(NC)c1. The molecule has 1 rings (SSSR count). The van der Waals surface area contributed by atoms with Crippen molar-refractivity contribution in [2.24, 2.45) is 0 Å². The summed E-state index contributed by atoms with van der Waals surface area (Å²) in [7, 11) is 1.91. The Bertz CT molecular complexity index is 302. The Labute approximate surface area is 96.6 Å². The lowest BCUT2D eigenvalue weighted by Crippen LogP contribution is -2.01. The molecule has 0 unspecified atom stereocenters. The quantitative estimate of drug-likeness (QED) is 0.595. The van der Waals surface area contributed by atoms with Crippen LogP contribution in [-0.4, -0.2) is 19.5 Å². The van der Waals surface area contributed by atoms with Gasteiger partial charge in [-0.3, -0.25) is 0 Å². The minimum Gasteiger partial charge on any atom is -0.491 e. The van der Waals surface area contributed by atoms with Gasteiger partial charge in [-0.15, -0.1) is 11.6 Å². The van der Waals surface area contributed by atoms with Gasteiger partial charge >= 0.3 is 0 Å². The molecule has 0 saturated heterocycles. The highest BCUT2D eigenvalue weighted by molar-refractivity contribution is 6.17. The number of halogens is 1. The third-order valence-electron chi connectivity index (χ3n) is 2.26. The fraction of sp³-hybridized carbons (Fsp3) is 0.500. The van der Waals surface area contributed by atoms with Crippen LogP contribution in [0.4, 0.5) is 5.69 Å². The Morgan fingerprint density at radius 1 is 1.40 bits per heavy atom. The van der Waals surface area contributed by atoms with Crippen molar-refractivity contribution >= 4 is 17.3 Å². The summed E-state index contributed by atoms with van der Waals surface area (Å²) in [6, 6.07) is 6.23. The molecule has 3 heteroatoms. The molecular formula is C12H18ClNO. The van der Waals surface area contributed by atoms with Crippen molar-refractivity contribution in [2.75, 3.05) is 24.9 Å². The van der Waals surface area contributed by atoms with Crippen LogP contribution >= 0.6 is 11.6 Å². The Hall–Kier alpha value is -0.890. The lowest BCUT2D eigenvalue weighted by atomic mass is 10.1. The molecule has 1 aromatic rings. The largest absolute Gasteiger partial charge is 0.491 e. The molecule has 0 atom stereocenters. The zero-order valence-electron chi connectivity index (χ0n) is 9.35. The predicted molar refractivity (Wildman–Crippen MR) is 66.2 cm³/mol. The molecule has 0 heterocycles. The summed E-state index contributed by atoms with van der Waals surface area (Å²) < 4.78 is 5.62. The molecule has 0 radical (unpaired) electrons. The van der Waals surface area contributed by atoms with Gasteiger partial charge in [0.05, 0.1) is 12.3 Å². The van der Waals surface area contributed by atoms with Gasteiger partial charge < -0.3 is 10.1 Å². The first-order chi connectivity index (χ1) is 7.31. The molecule has 84 valence electrons. The van der Waals surface area contributed by atoms with Gasteiger partial charge in [0.15, 0.2) is 0 Å². The molecule has 0 fully saturated rings. The van der Waals surface area contributed by atoms with Gasteiger partial charge in [-0.2, -0.15) is 0 Å². The van der Waals surface area contributed by atoms with Crippen LogP contribution in [-0.2, 0) is 6.42 Å². The van der Waals surface area contributed by atoms with Crippen LogP contribution in [0.2, 0.25) is 0 Å². The first-order valence-corrected chi connectivity index (χ1v) is 5.84. The zero-order valence-corrected chi connectivity index (χ0v) is 10.1. The van der Waals surface area contributed by atoms with E-state index in [-0.39, 0.29) is 0 Å². The summed E-state index contributed by atoms with van der Waals surface area (Å²) in [5.41, 5.74) is 2.35. The maximum atomic E-state index is 5.62. The van der Waals surface area contributed by atoms with E-state index in [0.29, 0.717) is 12.5 Å². The monoisotopic (exact) mass is 227 g/mol. The number of benzene rings is 1. The maximum absolute atomic E-state index is 5.62. The van der Waals surface area contributed by atoms with Crippen molar-refractivity contribution in [1.82, 2.24) is 0 Å². The molecular weight excluding hydrogens is 210 g/mol. The van der Waals surface area contributed by atoms with Gasteiger partial charge in [-0.1, -0.05) is 13.0 Å². The van der Waals surface area contributed by atoms with Crippen LogP contribution in [0.3, 0.4) is 0 Å². The fourth-order valence-corrected chi connectivity index (χ4v) is 1.46. The first kappa shape index (κ1) is 12.2. The Balaban J connectivity index is 2.69. The van der Waals surface area contributed by atoms with Crippen molar-refractivity contribution in [2.45, 2.75) is 19.8 Å². The molecule has 2 nitrogen and oxygen atoms in total. The highest BCUT2D eigenvalue weighted by atomic mass is 35.5.